The molecular weight excluding hydrogens is 352 g/mol. The molecular formula is C15H22N2O5S2. The third-order valence-corrected chi connectivity index (χ3v) is 7.28. The van der Waals surface area contributed by atoms with Crippen LogP contribution in [0.15, 0.2) is 29.2 Å². The molecule has 24 heavy (non-hydrogen) atoms. The molecule has 0 aliphatic carbocycles. The third kappa shape index (κ3) is 4.34. The lowest BCUT2D eigenvalue weighted by Crippen LogP contribution is -2.36. The van der Waals surface area contributed by atoms with Crippen LogP contribution in [0.1, 0.15) is 30.6 Å². The maximum atomic E-state index is 12.5. The summed E-state index contributed by atoms with van der Waals surface area (Å²) in [5, 5.41) is 0. The lowest BCUT2D eigenvalue weighted by molar-refractivity contribution is 0.0772. The number of rotatable bonds is 6. The molecule has 9 heteroatoms. The highest BCUT2D eigenvalue weighted by atomic mass is 32.2. The number of benzene rings is 1. The van der Waals surface area contributed by atoms with Crippen molar-refractivity contribution in [3.8, 4) is 0 Å². The number of sulfonamides is 1. The highest BCUT2D eigenvalue weighted by Crippen LogP contribution is 2.17. The van der Waals surface area contributed by atoms with Crippen molar-refractivity contribution in [2.24, 2.45) is 0 Å². The van der Waals surface area contributed by atoms with E-state index in [0.717, 1.165) is 0 Å². The average Bonchev–Trinajstić information content (AvgIpc) is 2.86. The highest BCUT2D eigenvalue weighted by Gasteiger charge is 2.31. The van der Waals surface area contributed by atoms with Gasteiger partial charge in [0.25, 0.3) is 5.91 Å². The van der Waals surface area contributed by atoms with E-state index in [2.05, 4.69) is 4.72 Å². The standard InChI is InChI=1S/C15H22N2O5S2/c1-3-17(4-2)15(18)12-6-5-7-14(10-12)24(21,22)16-13-8-9-23(19,20)11-13/h5-7,10,13,16H,3-4,8-9,11H2,1-2H3/t13-/m0/s1. The van der Waals surface area contributed by atoms with E-state index >= 15 is 0 Å². The van der Waals surface area contributed by atoms with Crippen molar-refractivity contribution in [3.05, 3.63) is 29.8 Å². The van der Waals surface area contributed by atoms with Crippen LogP contribution in [0.2, 0.25) is 0 Å². The molecule has 0 aromatic heterocycles. The van der Waals surface area contributed by atoms with Gasteiger partial charge in [-0.15, -0.1) is 0 Å². The molecule has 134 valence electrons. The molecule has 1 aliphatic heterocycles. The Hall–Kier alpha value is -1.45. The second kappa shape index (κ2) is 7.20. The number of carbonyl (C=O) groups excluding carboxylic acids is 1. The van der Waals surface area contributed by atoms with Crippen LogP contribution in [-0.4, -0.2) is 58.3 Å². The summed E-state index contributed by atoms with van der Waals surface area (Å²) in [7, 11) is -7.05. The molecule has 1 atom stereocenters. The minimum Gasteiger partial charge on any atom is -0.339 e. The number of hydrogen-bond donors (Lipinski definition) is 1. The van der Waals surface area contributed by atoms with Gasteiger partial charge >= 0.3 is 0 Å². The van der Waals surface area contributed by atoms with Crippen molar-refractivity contribution in [1.82, 2.24) is 9.62 Å². The van der Waals surface area contributed by atoms with Crippen molar-refractivity contribution in [3.63, 3.8) is 0 Å². The molecule has 1 heterocycles. The number of carbonyl (C=O) groups is 1. The normalized spacial score (nSPS) is 20.0. The van der Waals surface area contributed by atoms with Crippen molar-refractivity contribution in [1.29, 1.82) is 0 Å². The van der Waals surface area contributed by atoms with Crippen LogP contribution in [0.4, 0.5) is 0 Å². The first-order valence-corrected chi connectivity index (χ1v) is 11.1. The van der Waals surface area contributed by atoms with Gasteiger partial charge in [-0.3, -0.25) is 4.79 Å². The quantitative estimate of drug-likeness (QED) is 0.787. The average molecular weight is 374 g/mol. The molecule has 1 aliphatic rings. The lowest BCUT2D eigenvalue weighted by Gasteiger charge is -2.19. The van der Waals surface area contributed by atoms with Crippen LogP contribution in [0.5, 0.6) is 0 Å². The van der Waals surface area contributed by atoms with E-state index in [9.17, 15) is 21.6 Å². The van der Waals surface area contributed by atoms with Gasteiger partial charge < -0.3 is 4.90 Å². The summed E-state index contributed by atoms with van der Waals surface area (Å²) < 4.78 is 50.2. The molecule has 1 saturated heterocycles. The maximum Gasteiger partial charge on any atom is 0.253 e. The molecule has 7 nitrogen and oxygen atoms in total. The Bertz CT molecular complexity index is 814. The summed E-state index contributed by atoms with van der Waals surface area (Å²) in [5.74, 6) is -0.439. The molecule has 0 saturated carbocycles. The number of nitrogens with zero attached hydrogens (tertiary/aromatic N) is 1. The summed E-state index contributed by atoms with van der Waals surface area (Å²) >= 11 is 0. The zero-order valence-electron chi connectivity index (χ0n) is 13.7. The van der Waals surface area contributed by atoms with Crippen LogP contribution in [0.3, 0.4) is 0 Å². The second-order valence-electron chi connectivity index (χ2n) is 5.73. The lowest BCUT2D eigenvalue weighted by atomic mass is 10.2. The van der Waals surface area contributed by atoms with E-state index in [0.29, 0.717) is 18.7 Å². The van der Waals surface area contributed by atoms with Gasteiger partial charge in [-0.2, -0.15) is 0 Å². The summed E-state index contributed by atoms with van der Waals surface area (Å²) in [6, 6.07) is 5.18. The van der Waals surface area contributed by atoms with Gasteiger partial charge in [0.05, 0.1) is 16.4 Å². The SMILES string of the molecule is CCN(CC)C(=O)c1cccc(S(=O)(=O)N[C@H]2CCS(=O)(=O)C2)c1. The minimum absolute atomic E-state index is 0.0132. The Morgan fingerprint density at radius 3 is 2.50 bits per heavy atom. The first kappa shape index (κ1) is 18.9. The van der Waals surface area contributed by atoms with E-state index in [4.69, 9.17) is 0 Å². The van der Waals surface area contributed by atoms with E-state index in [1.165, 1.54) is 18.2 Å². The van der Waals surface area contributed by atoms with Gasteiger partial charge in [-0.1, -0.05) is 6.07 Å². The van der Waals surface area contributed by atoms with Crippen LogP contribution in [0.25, 0.3) is 0 Å². The van der Waals surface area contributed by atoms with Gasteiger partial charge in [0, 0.05) is 24.7 Å². The Labute approximate surface area is 143 Å². The van der Waals surface area contributed by atoms with E-state index in [1.54, 1.807) is 11.0 Å². The topological polar surface area (TPSA) is 101 Å². The fraction of sp³-hybridized carbons (Fsp3) is 0.533. The zero-order valence-corrected chi connectivity index (χ0v) is 15.4. The van der Waals surface area contributed by atoms with Crippen molar-refractivity contribution in [2.75, 3.05) is 24.6 Å². The maximum absolute atomic E-state index is 12.5. The van der Waals surface area contributed by atoms with Crippen LogP contribution >= 0.6 is 0 Å². The summed E-state index contributed by atoms with van der Waals surface area (Å²) in [4.78, 5) is 13.9. The fourth-order valence-corrected chi connectivity index (χ4v) is 5.76. The number of hydrogen-bond acceptors (Lipinski definition) is 5. The Kier molecular flexibility index (Phi) is 5.67. The molecule has 2 rings (SSSR count). The molecule has 0 bridgehead atoms. The molecule has 0 spiro atoms. The van der Waals surface area contributed by atoms with Gasteiger partial charge in [0.2, 0.25) is 10.0 Å². The Balaban J connectivity index is 2.22. The largest absolute Gasteiger partial charge is 0.339 e. The molecule has 1 aromatic rings. The number of sulfone groups is 1. The predicted octanol–water partition coefficient (Wildman–Crippen LogP) is 0.634. The van der Waals surface area contributed by atoms with Crippen molar-refractivity contribution >= 4 is 25.8 Å². The van der Waals surface area contributed by atoms with Gasteiger partial charge in [-0.25, -0.2) is 21.6 Å². The number of amides is 1. The summed E-state index contributed by atoms with van der Waals surface area (Å²) in [6.07, 6.45) is 0.264. The molecule has 0 unspecified atom stereocenters. The molecule has 0 radical (unpaired) electrons. The second-order valence-corrected chi connectivity index (χ2v) is 9.67. The molecule has 1 fully saturated rings. The Morgan fingerprint density at radius 1 is 1.29 bits per heavy atom. The third-order valence-electron chi connectivity index (χ3n) is 4.00. The molecule has 1 amide bonds. The smallest absolute Gasteiger partial charge is 0.253 e. The highest BCUT2D eigenvalue weighted by molar-refractivity contribution is 7.92. The summed E-state index contributed by atoms with van der Waals surface area (Å²) in [5.41, 5.74) is 0.292. The monoisotopic (exact) mass is 374 g/mol. The predicted molar refractivity (Wildman–Crippen MR) is 91.1 cm³/mol. The first-order valence-electron chi connectivity index (χ1n) is 7.80. The van der Waals surface area contributed by atoms with Crippen LogP contribution < -0.4 is 4.72 Å². The minimum atomic E-state index is -3.87. The van der Waals surface area contributed by atoms with Gasteiger partial charge in [-0.05, 0) is 38.5 Å². The fourth-order valence-electron chi connectivity index (χ4n) is 2.67. The van der Waals surface area contributed by atoms with Crippen LogP contribution in [-0.2, 0) is 19.9 Å². The van der Waals surface area contributed by atoms with E-state index < -0.39 is 25.9 Å². The van der Waals surface area contributed by atoms with Crippen LogP contribution in [0, 0.1) is 0 Å². The Morgan fingerprint density at radius 2 is 1.96 bits per heavy atom. The zero-order chi connectivity index (χ0) is 18.0. The van der Waals surface area contributed by atoms with E-state index in [-0.39, 0.29) is 28.7 Å². The van der Waals surface area contributed by atoms with Crippen molar-refractivity contribution in [2.45, 2.75) is 31.2 Å². The number of nitrogens with one attached hydrogen (secondary N) is 1. The summed E-state index contributed by atoms with van der Waals surface area (Å²) in [6.45, 7) is 4.77. The van der Waals surface area contributed by atoms with E-state index in [1.807, 2.05) is 13.8 Å². The van der Waals surface area contributed by atoms with Crippen molar-refractivity contribution < 1.29 is 21.6 Å². The molecule has 1 N–H and O–H groups in total. The molecule has 1 aromatic carbocycles. The van der Waals surface area contributed by atoms with Gasteiger partial charge in [0.15, 0.2) is 9.84 Å². The van der Waals surface area contributed by atoms with Gasteiger partial charge in [0.1, 0.15) is 0 Å². The first-order chi connectivity index (χ1) is 11.2.